The lowest BCUT2D eigenvalue weighted by Gasteiger charge is -2.19. The molecule has 2 aromatic rings. The van der Waals surface area contributed by atoms with Crippen LogP contribution in [-0.4, -0.2) is 28.5 Å². The minimum absolute atomic E-state index is 0.0425. The van der Waals surface area contributed by atoms with E-state index in [4.69, 9.17) is 0 Å². The van der Waals surface area contributed by atoms with Gasteiger partial charge in [0.05, 0.1) is 5.69 Å². The Morgan fingerprint density at radius 3 is 2.65 bits per heavy atom. The highest BCUT2D eigenvalue weighted by Crippen LogP contribution is 2.22. The van der Waals surface area contributed by atoms with Crippen molar-refractivity contribution in [2.75, 3.05) is 18.5 Å². The average molecular weight is 274 g/mol. The van der Waals surface area contributed by atoms with Crippen LogP contribution in [0.1, 0.15) is 31.2 Å². The highest BCUT2D eigenvalue weighted by Gasteiger charge is 2.16. The third kappa shape index (κ3) is 3.29. The van der Waals surface area contributed by atoms with Crippen LogP contribution in [-0.2, 0) is 6.42 Å². The first-order chi connectivity index (χ1) is 9.59. The highest BCUT2D eigenvalue weighted by molar-refractivity contribution is 5.40. The average Bonchev–Trinajstić information content (AvgIpc) is 2.46. The number of pyridine rings is 1. The van der Waals surface area contributed by atoms with Crippen molar-refractivity contribution in [3.05, 3.63) is 47.9 Å². The molecule has 0 amide bonds. The van der Waals surface area contributed by atoms with Crippen LogP contribution in [0.4, 0.5) is 10.2 Å². The lowest BCUT2D eigenvalue weighted by molar-refractivity contribution is 0.571. The third-order valence-electron chi connectivity index (χ3n) is 3.14. The van der Waals surface area contributed by atoms with Crippen LogP contribution in [0.15, 0.2) is 30.7 Å². The van der Waals surface area contributed by atoms with Crippen LogP contribution in [0, 0.1) is 5.82 Å². The van der Waals surface area contributed by atoms with Crippen LogP contribution >= 0.6 is 0 Å². The van der Waals surface area contributed by atoms with Crippen molar-refractivity contribution < 1.29 is 4.39 Å². The molecule has 0 aliphatic rings. The number of hydrogen-bond donors (Lipinski definition) is 0. The molecular weight excluding hydrogens is 255 g/mol. The molecule has 0 spiro atoms. The van der Waals surface area contributed by atoms with Crippen molar-refractivity contribution in [1.82, 2.24) is 15.0 Å². The summed E-state index contributed by atoms with van der Waals surface area (Å²) in [6, 6.07) is 5.79. The van der Waals surface area contributed by atoms with Gasteiger partial charge < -0.3 is 4.90 Å². The van der Waals surface area contributed by atoms with Gasteiger partial charge in [-0.2, -0.15) is 0 Å². The van der Waals surface area contributed by atoms with Gasteiger partial charge in [-0.1, -0.05) is 19.9 Å². The quantitative estimate of drug-likeness (QED) is 0.840. The maximum atomic E-state index is 14.3. The molecule has 5 heteroatoms. The molecule has 2 aromatic heterocycles. The van der Waals surface area contributed by atoms with Gasteiger partial charge in [0, 0.05) is 31.9 Å². The number of rotatable bonds is 5. The van der Waals surface area contributed by atoms with Gasteiger partial charge in [-0.3, -0.25) is 4.98 Å². The summed E-state index contributed by atoms with van der Waals surface area (Å²) in [6.45, 7) is 4.49. The Morgan fingerprint density at radius 2 is 2.00 bits per heavy atom. The zero-order valence-corrected chi connectivity index (χ0v) is 12.0. The molecular formula is C15H19FN4. The first-order valence-corrected chi connectivity index (χ1v) is 6.71. The molecule has 2 rings (SSSR count). The second kappa shape index (κ2) is 6.41. The summed E-state index contributed by atoms with van der Waals surface area (Å²) in [5.41, 5.74) is 1.44. The van der Waals surface area contributed by atoms with Gasteiger partial charge in [0.15, 0.2) is 11.6 Å². The Hall–Kier alpha value is -2.04. The fraction of sp³-hybridized carbons (Fsp3) is 0.400. The van der Waals surface area contributed by atoms with Crippen molar-refractivity contribution in [2.24, 2.45) is 0 Å². The van der Waals surface area contributed by atoms with Crippen LogP contribution in [0.3, 0.4) is 0 Å². The van der Waals surface area contributed by atoms with Gasteiger partial charge >= 0.3 is 0 Å². The molecule has 0 N–H and O–H groups in total. The summed E-state index contributed by atoms with van der Waals surface area (Å²) in [7, 11) is 1.83. The third-order valence-corrected chi connectivity index (χ3v) is 3.14. The summed E-state index contributed by atoms with van der Waals surface area (Å²) in [6.07, 6.45) is 3.93. The molecule has 0 aliphatic carbocycles. The molecule has 0 radical (unpaired) electrons. The lowest BCUT2D eigenvalue weighted by atomic mass is 10.1. The molecule has 4 nitrogen and oxygen atoms in total. The zero-order chi connectivity index (χ0) is 14.5. The van der Waals surface area contributed by atoms with Gasteiger partial charge in [-0.15, -0.1) is 0 Å². The van der Waals surface area contributed by atoms with E-state index >= 15 is 0 Å². The first-order valence-electron chi connectivity index (χ1n) is 6.71. The SMILES string of the molecule is CC(C)c1ncnc(N(C)CCc2ccccn2)c1F. The second-order valence-corrected chi connectivity index (χ2v) is 5.04. The van der Waals surface area contributed by atoms with Crippen molar-refractivity contribution in [2.45, 2.75) is 26.2 Å². The fourth-order valence-electron chi connectivity index (χ4n) is 1.98. The largest absolute Gasteiger partial charge is 0.357 e. The molecule has 0 aromatic carbocycles. The Labute approximate surface area is 118 Å². The molecule has 2 heterocycles. The number of nitrogens with zero attached hydrogens (tertiary/aromatic N) is 4. The molecule has 0 bridgehead atoms. The minimum Gasteiger partial charge on any atom is -0.357 e. The van der Waals surface area contributed by atoms with E-state index < -0.39 is 0 Å². The van der Waals surface area contributed by atoms with E-state index in [0.29, 0.717) is 18.1 Å². The van der Waals surface area contributed by atoms with Gasteiger partial charge in [-0.25, -0.2) is 14.4 Å². The molecule has 0 fully saturated rings. The van der Waals surface area contributed by atoms with E-state index in [1.54, 1.807) is 11.1 Å². The normalized spacial score (nSPS) is 10.8. The lowest BCUT2D eigenvalue weighted by Crippen LogP contribution is -2.24. The number of aromatic nitrogens is 3. The number of likely N-dealkylation sites (N-methyl/N-ethyl adjacent to an activating group) is 1. The number of hydrogen-bond acceptors (Lipinski definition) is 4. The molecule has 106 valence electrons. The van der Waals surface area contributed by atoms with Gasteiger partial charge in [0.1, 0.15) is 6.33 Å². The Morgan fingerprint density at radius 1 is 1.20 bits per heavy atom. The van der Waals surface area contributed by atoms with Crippen LogP contribution in [0.25, 0.3) is 0 Å². The van der Waals surface area contributed by atoms with E-state index in [-0.39, 0.29) is 11.7 Å². The van der Waals surface area contributed by atoms with Crippen molar-refractivity contribution in [3.63, 3.8) is 0 Å². The summed E-state index contributed by atoms with van der Waals surface area (Å²) in [4.78, 5) is 14.1. The van der Waals surface area contributed by atoms with E-state index in [9.17, 15) is 4.39 Å². The standard InChI is InChI=1S/C15H19FN4/c1-11(2)14-13(16)15(19-10-18-14)20(3)9-7-12-6-4-5-8-17-12/h4-6,8,10-11H,7,9H2,1-3H3. The maximum Gasteiger partial charge on any atom is 0.187 e. The number of halogens is 1. The molecule has 0 saturated heterocycles. The molecule has 0 atom stereocenters. The van der Waals surface area contributed by atoms with E-state index in [2.05, 4.69) is 15.0 Å². The number of anilines is 1. The summed E-state index contributed by atoms with van der Waals surface area (Å²) in [5, 5.41) is 0. The first kappa shape index (κ1) is 14.4. The van der Waals surface area contributed by atoms with Crippen molar-refractivity contribution >= 4 is 5.82 Å². The monoisotopic (exact) mass is 274 g/mol. The van der Waals surface area contributed by atoms with E-state index in [1.165, 1.54) is 6.33 Å². The smallest absolute Gasteiger partial charge is 0.187 e. The topological polar surface area (TPSA) is 41.9 Å². The molecule has 0 unspecified atom stereocenters. The minimum atomic E-state index is -0.328. The van der Waals surface area contributed by atoms with Crippen LogP contribution < -0.4 is 4.90 Å². The molecule has 0 aliphatic heterocycles. The zero-order valence-electron chi connectivity index (χ0n) is 12.0. The molecule has 20 heavy (non-hydrogen) atoms. The summed E-state index contributed by atoms with van der Waals surface area (Å²) >= 11 is 0. The summed E-state index contributed by atoms with van der Waals surface area (Å²) < 4.78 is 14.3. The van der Waals surface area contributed by atoms with Crippen molar-refractivity contribution in [1.29, 1.82) is 0 Å². The predicted molar refractivity (Wildman–Crippen MR) is 77.3 cm³/mol. The van der Waals surface area contributed by atoms with Crippen LogP contribution in [0.5, 0.6) is 0 Å². The Bertz CT molecular complexity index is 557. The fourth-order valence-corrected chi connectivity index (χ4v) is 1.98. The summed E-state index contributed by atoms with van der Waals surface area (Å²) in [5.74, 6) is 0.0617. The highest BCUT2D eigenvalue weighted by atomic mass is 19.1. The Balaban J connectivity index is 2.09. The van der Waals surface area contributed by atoms with Gasteiger partial charge in [0.25, 0.3) is 0 Å². The second-order valence-electron chi connectivity index (χ2n) is 5.04. The predicted octanol–water partition coefficient (Wildman–Crippen LogP) is 2.81. The van der Waals surface area contributed by atoms with Crippen LogP contribution in [0.2, 0.25) is 0 Å². The van der Waals surface area contributed by atoms with Crippen molar-refractivity contribution in [3.8, 4) is 0 Å². The Kier molecular flexibility index (Phi) is 4.61. The van der Waals surface area contributed by atoms with Gasteiger partial charge in [0.2, 0.25) is 0 Å². The maximum absolute atomic E-state index is 14.3. The molecule has 0 saturated carbocycles. The van der Waals surface area contributed by atoms with E-state index in [1.807, 2.05) is 39.1 Å². The van der Waals surface area contributed by atoms with E-state index in [0.717, 1.165) is 12.1 Å². The van der Waals surface area contributed by atoms with Gasteiger partial charge in [-0.05, 0) is 18.1 Å².